The lowest BCUT2D eigenvalue weighted by atomic mass is 9.77. The first-order valence-corrected chi connectivity index (χ1v) is 15.7. The van der Waals surface area contributed by atoms with Crippen molar-refractivity contribution in [2.45, 2.75) is 56.1 Å². The average molecular weight is 634 g/mol. The molecule has 2 aromatic carbocycles. The van der Waals surface area contributed by atoms with E-state index >= 15 is 0 Å². The number of allylic oxidation sites excluding steroid dienone is 1. The van der Waals surface area contributed by atoms with Crippen molar-refractivity contribution in [3.63, 3.8) is 0 Å². The Morgan fingerprint density at radius 1 is 1.02 bits per heavy atom. The third-order valence-corrected chi connectivity index (χ3v) is 9.29. The van der Waals surface area contributed by atoms with Crippen LogP contribution in [-0.2, 0) is 28.7 Å². The van der Waals surface area contributed by atoms with Gasteiger partial charge in [-0.1, -0.05) is 66.2 Å². The fourth-order valence-electron chi connectivity index (χ4n) is 7.04. The highest BCUT2D eigenvalue weighted by atomic mass is 35.5. The maximum atomic E-state index is 14.4. The first kappa shape index (κ1) is 31.0. The lowest BCUT2D eigenvalue weighted by Crippen LogP contribution is -2.55. The van der Waals surface area contributed by atoms with E-state index in [9.17, 15) is 24.3 Å². The quantitative estimate of drug-likeness (QED) is 0.382. The van der Waals surface area contributed by atoms with Crippen molar-refractivity contribution in [2.24, 2.45) is 11.8 Å². The van der Waals surface area contributed by atoms with E-state index in [0.717, 1.165) is 0 Å². The van der Waals surface area contributed by atoms with Crippen LogP contribution in [-0.4, -0.2) is 77.2 Å². The summed E-state index contributed by atoms with van der Waals surface area (Å²) >= 11 is 6.11. The first-order chi connectivity index (χ1) is 21.7. The second kappa shape index (κ2) is 12.8. The van der Waals surface area contributed by atoms with E-state index in [1.54, 1.807) is 60.4 Å². The largest absolute Gasteiger partial charge is 0.455 e. The van der Waals surface area contributed by atoms with Gasteiger partial charge in [0.25, 0.3) is 5.91 Å². The van der Waals surface area contributed by atoms with Gasteiger partial charge in [-0.3, -0.25) is 19.2 Å². The molecule has 0 radical (unpaired) electrons. The highest BCUT2D eigenvalue weighted by molar-refractivity contribution is 6.30. The van der Waals surface area contributed by atoms with Gasteiger partial charge < -0.3 is 29.7 Å². The van der Waals surface area contributed by atoms with E-state index in [2.05, 4.69) is 5.32 Å². The van der Waals surface area contributed by atoms with Crippen LogP contribution in [0.3, 0.4) is 0 Å². The van der Waals surface area contributed by atoms with Crippen molar-refractivity contribution in [1.29, 1.82) is 0 Å². The van der Waals surface area contributed by atoms with Crippen LogP contribution in [0.15, 0.2) is 78.9 Å². The highest BCUT2D eigenvalue weighted by Gasteiger charge is 2.71. The van der Waals surface area contributed by atoms with Crippen LogP contribution in [0.1, 0.15) is 37.9 Å². The van der Waals surface area contributed by atoms with Gasteiger partial charge in [0.15, 0.2) is 0 Å². The average Bonchev–Trinajstić information content (AvgIpc) is 3.41. The van der Waals surface area contributed by atoms with Crippen molar-refractivity contribution in [3.05, 3.63) is 89.5 Å². The molecule has 2 fully saturated rings. The molecule has 2 saturated heterocycles. The number of hydrogen-bond donors (Lipinski definition) is 2. The Kier molecular flexibility index (Phi) is 8.81. The number of rotatable bonds is 5. The number of aliphatic hydroxyl groups excluding tert-OH is 1. The van der Waals surface area contributed by atoms with Gasteiger partial charge in [-0.15, -0.1) is 0 Å². The Balaban J connectivity index is 1.43. The molecule has 0 aromatic heterocycles. The van der Waals surface area contributed by atoms with Crippen molar-refractivity contribution >= 4 is 41.0 Å². The van der Waals surface area contributed by atoms with Crippen molar-refractivity contribution in [2.75, 3.05) is 24.6 Å². The van der Waals surface area contributed by atoms with Crippen LogP contribution < -0.4 is 10.2 Å². The molecule has 0 aliphatic carbocycles. The summed E-state index contributed by atoms with van der Waals surface area (Å²) in [6.45, 7) is 1.92. The number of cyclic esters (lactones) is 1. The van der Waals surface area contributed by atoms with Gasteiger partial charge in [0.05, 0.1) is 18.1 Å². The summed E-state index contributed by atoms with van der Waals surface area (Å²) < 4.78 is 12.9. The lowest BCUT2D eigenvalue weighted by Gasteiger charge is -2.35. The molecule has 4 aliphatic rings. The molecular weight excluding hydrogens is 598 g/mol. The van der Waals surface area contributed by atoms with Crippen LogP contribution in [0.2, 0.25) is 5.02 Å². The number of anilines is 1. The summed E-state index contributed by atoms with van der Waals surface area (Å²) in [7, 11) is 0. The standard InChI is InChI=1S/C34H36ClN3O7/c1-21-29(22-9-3-2-4-10-22)44-33(43)27-25(11-5-6-12-26(40)36-21)45-34-17-7-18-37(24-15-13-23(35)14-16-24)32(42)30(34)38(19-8-20-39)31(41)28(27)34/h2-5,7,9-11,13-17,21,25,27-30,39H,6,8,12,18-20H2,1H3,(H,36,40)/b11-5-/t21-,25-,27+,28+,29+,30-,34+/m0/s1. The second-order valence-electron chi connectivity index (χ2n) is 11.9. The van der Waals surface area contributed by atoms with Crippen molar-refractivity contribution < 1.29 is 33.8 Å². The predicted octanol–water partition coefficient (Wildman–Crippen LogP) is 3.35. The highest BCUT2D eigenvalue weighted by Crippen LogP contribution is 2.53. The molecule has 7 atom stereocenters. The second-order valence-corrected chi connectivity index (χ2v) is 12.3. The smallest absolute Gasteiger partial charge is 0.313 e. The molecule has 45 heavy (non-hydrogen) atoms. The van der Waals surface area contributed by atoms with E-state index in [1.165, 1.54) is 4.90 Å². The van der Waals surface area contributed by atoms with Crippen LogP contribution in [0.25, 0.3) is 0 Å². The molecule has 0 saturated carbocycles. The van der Waals surface area contributed by atoms with Gasteiger partial charge in [0, 0.05) is 36.8 Å². The van der Waals surface area contributed by atoms with Gasteiger partial charge in [0.1, 0.15) is 23.7 Å². The number of ether oxygens (including phenoxy) is 2. The lowest BCUT2D eigenvalue weighted by molar-refractivity contribution is -0.161. The third-order valence-electron chi connectivity index (χ3n) is 9.04. The number of nitrogens with zero attached hydrogens (tertiary/aromatic N) is 2. The maximum absolute atomic E-state index is 14.4. The molecule has 6 rings (SSSR count). The van der Waals surface area contributed by atoms with Crippen LogP contribution in [0.4, 0.5) is 5.69 Å². The van der Waals surface area contributed by atoms with Gasteiger partial charge in [-0.2, -0.15) is 0 Å². The molecule has 11 heteroatoms. The molecule has 4 heterocycles. The number of esters is 1. The minimum atomic E-state index is -1.47. The van der Waals surface area contributed by atoms with Gasteiger partial charge >= 0.3 is 5.97 Å². The number of carbonyl (C=O) groups excluding carboxylic acids is 4. The zero-order valence-electron chi connectivity index (χ0n) is 24.9. The monoisotopic (exact) mass is 633 g/mol. The molecule has 1 spiro atoms. The fraction of sp³-hybridized carbons (Fsp3) is 0.412. The summed E-state index contributed by atoms with van der Waals surface area (Å²) in [5, 5.41) is 13.1. The number of halogens is 1. The summed E-state index contributed by atoms with van der Waals surface area (Å²) in [5.41, 5.74) is -0.171. The maximum Gasteiger partial charge on any atom is 0.313 e. The predicted molar refractivity (Wildman–Crippen MR) is 166 cm³/mol. The summed E-state index contributed by atoms with van der Waals surface area (Å²) in [5.74, 6) is -3.74. The number of amides is 3. The normalized spacial score (nSPS) is 32.4. The molecule has 4 aliphatic heterocycles. The van der Waals surface area contributed by atoms with E-state index in [0.29, 0.717) is 22.7 Å². The Morgan fingerprint density at radius 3 is 2.51 bits per heavy atom. The molecule has 2 N–H and O–H groups in total. The zero-order valence-corrected chi connectivity index (χ0v) is 25.6. The molecule has 0 bridgehead atoms. The third kappa shape index (κ3) is 5.67. The van der Waals surface area contributed by atoms with Crippen LogP contribution in [0.5, 0.6) is 0 Å². The molecular formula is C34H36ClN3O7. The van der Waals surface area contributed by atoms with Crippen molar-refractivity contribution in [3.8, 4) is 0 Å². The zero-order chi connectivity index (χ0) is 31.7. The number of likely N-dealkylation sites (tertiary alicyclic amines) is 1. The van der Waals surface area contributed by atoms with E-state index in [-0.39, 0.29) is 44.4 Å². The number of hydrogen-bond acceptors (Lipinski definition) is 7. The molecule has 2 aromatic rings. The van der Waals surface area contributed by atoms with Crippen LogP contribution in [0, 0.1) is 11.8 Å². The van der Waals surface area contributed by atoms with Gasteiger partial charge in [0.2, 0.25) is 11.8 Å². The molecule has 3 amide bonds. The number of aliphatic hydroxyl groups is 1. The van der Waals surface area contributed by atoms with Crippen LogP contribution >= 0.6 is 11.6 Å². The molecule has 236 valence electrons. The fourth-order valence-corrected chi connectivity index (χ4v) is 7.16. The summed E-state index contributed by atoms with van der Waals surface area (Å²) in [6, 6.07) is 14.4. The Labute approximate surface area is 266 Å². The number of nitrogens with one attached hydrogen (secondary N) is 1. The Hall–Kier alpha value is -3.99. The summed E-state index contributed by atoms with van der Waals surface area (Å²) in [6.07, 6.45) is 6.17. The topological polar surface area (TPSA) is 125 Å². The number of fused-ring (bicyclic) bond motifs is 2. The van der Waals surface area contributed by atoms with Gasteiger partial charge in [-0.25, -0.2) is 0 Å². The Bertz CT molecular complexity index is 1510. The van der Waals surface area contributed by atoms with E-state index < -0.39 is 53.6 Å². The minimum Gasteiger partial charge on any atom is -0.455 e. The molecule has 10 nitrogen and oxygen atoms in total. The Morgan fingerprint density at radius 2 is 1.78 bits per heavy atom. The number of benzene rings is 2. The number of carbonyl (C=O) groups is 4. The minimum absolute atomic E-state index is 0.105. The summed E-state index contributed by atoms with van der Waals surface area (Å²) in [4.78, 5) is 58.9. The van der Waals surface area contributed by atoms with E-state index in [1.807, 2.05) is 30.3 Å². The van der Waals surface area contributed by atoms with Crippen molar-refractivity contribution in [1.82, 2.24) is 10.2 Å². The first-order valence-electron chi connectivity index (χ1n) is 15.3. The molecule has 0 unspecified atom stereocenters. The van der Waals surface area contributed by atoms with E-state index in [4.69, 9.17) is 21.1 Å². The SMILES string of the molecule is C[C@@H]1NC(=O)CC/C=C\[C@@H]2O[C@@]34C=CCN(c5ccc(Cl)cc5)C(=O)[C@@H]3N(CCCO)C(=O)[C@H]4[C@@H]2C(=O)O[C@H]1c1ccccc1. The van der Waals surface area contributed by atoms with Gasteiger partial charge in [-0.05, 0) is 49.6 Å².